The lowest BCUT2D eigenvalue weighted by Gasteiger charge is -2.19. The van der Waals surface area contributed by atoms with E-state index < -0.39 is 10.0 Å². The van der Waals surface area contributed by atoms with Crippen molar-refractivity contribution in [2.75, 3.05) is 11.0 Å². The van der Waals surface area contributed by atoms with Gasteiger partial charge < -0.3 is 0 Å². The van der Waals surface area contributed by atoms with E-state index in [1.54, 1.807) is 12.1 Å². The molecule has 0 unspecified atom stereocenters. The highest BCUT2D eigenvalue weighted by molar-refractivity contribution is 7.92. The van der Waals surface area contributed by atoms with Crippen molar-refractivity contribution in [1.29, 1.82) is 0 Å². The van der Waals surface area contributed by atoms with Crippen LogP contribution >= 0.6 is 0 Å². The summed E-state index contributed by atoms with van der Waals surface area (Å²) in [6, 6.07) is 15.8. The van der Waals surface area contributed by atoms with Crippen LogP contribution in [0, 0.1) is 0 Å². The van der Waals surface area contributed by atoms with Crippen LogP contribution in [0.15, 0.2) is 48.5 Å². The molecule has 3 nitrogen and oxygen atoms in total. The second-order valence-electron chi connectivity index (χ2n) is 6.28. The average Bonchev–Trinajstić information content (AvgIpc) is 2.37. The largest absolute Gasteiger partial charge is 0.284 e. The van der Waals surface area contributed by atoms with Gasteiger partial charge in [0.05, 0.1) is 6.26 Å². The van der Waals surface area contributed by atoms with Crippen molar-refractivity contribution in [3.05, 3.63) is 54.1 Å². The molecule has 0 aromatic heterocycles. The van der Waals surface area contributed by atoms with Gasteiger partial charge in [-0.25, -0.2) is 8.42 Å². The molecule has 2 aromatic rings. The molecule has 0 saturated carbocycles. The molecule has 0 aliphatic heterocycles. The lowest BCUT2D eigenvalue weighted by atomic mass is 9.86. The summed E-state index contributed by atoms with van der Waals surface area (Å²) in [6.07, 6.45) is 1.14. The van der Waals surface area contributed by atoms with Crippen LogP contribution in [-0.4, -0.2) is 14.7 Å². The molecule has 0 bridgehead atoms. The first-order valence-corrected chi connectivity index (χ1v) is 8.73. The molecule has 0 fully saturated rings. The van der Waals surface area contributed by atoms with Crippen LogP contribution in [0.2, 0.25) is 0 Å². The van der Waals surface area contributed by atoms with Gasteiger partial charge in [0.2, 0.25) is 10.0 Å². The Balaban J connectivity index is 2.23. The van der Waals surface area contributed by atoms with Crippen molar-refractivity contribution in [3.63, 3.8) is 0 Å². The lowest BCUT2D eigenvalue weighted by Crippen LogP contribution is -2.10. The van der Waals surface area contributed by atoms with Crippen LogP contribution in [0.25, 0.3) is 11.1 Å². The van der Waals surface area contributed by atoms with E-state index in [4.69, 9.17) is 0 Å². The van der Waals surface area contributed by atoms with E-state index in [2.05, 4.69) is 49.8 Å². The highest BCUT2D eigenvalue weighted by Crippen LogP contribution is 2.26. The first-order chi connectivity index (χ1) is 9.65. The Labute approximate surface area is 127 Å². The van der Waals surface area contributed by atoms with Crippen LogP contribution < -0.4 is 4.72 Å². The van der Waals surface area contributed by atoms with E-state index in [0.717, 1.165) is 17.4 Å². The van der Waals surface area contributed by atoms with Gasteiger partial charge in [0.1, 0.15) is 0 Å². The monoisotopic (exact) mass is 303 g/mol. The Hall–Kier alpha value is -1.81. The van der Waals surface area contributed by atoms with Crippen LogP contribution in [-0.2, 0) is 15.4 Å². The molecule has 21 heavy (non-hydrogen) atoms. The average molecular weight is 303 g/mol. The van der Waals surface area contributed by atoms with Gasteiger partial charge in [-0.3, -0.25) is 4.72 Å². The van der Waals surface area contributed by atoms with Gasteiger partial charge in [-0.1, -0.05) is 57.2 Å². The zero-order chi connectivity index (χ0) is 15.7. The number of hydrogen-bond donors (Lipinski definition) is 1. The summed E-state index contributed by atoms with van der Waals surface area (Å²) in [7, 11) is -3.23. The predicted octanol–water partition coefficient (Wildman–Crippen LogP) is 4.02. The Morgan fingerprint density at radius 2 is 1.24 bits per heavy atom. The number of anilines is 1. The third kappa shape index (κ3) is 4.33. The van der Waals surface area contributed by atoms with Gasteiger partial charge >= 0.3 is 0 Å². The Morgan fingerprint density at radius 3 is 1.62 bits per heavy atom. The fraction of sp³-hybridized carbons (Fsp3) is 0.294. The van der Waals surface area contributed by atoms with Crippen LogP contribution in [0.1, 0.15) is 26.3 Å². The molecule has 0 heterocycles. The normalized spacial score (nSPS) is 12.2. The van der Waals surface area contributed by atoms with Crippen LogP contribution in [0.5, 0.6) is 0 Å². The zero-order valence-electron chi connectivity index (χ0n) is 12.8. The lowest BCUT2D eigenvalue weighted by molar-refractivity contribution is 0.590. The predicted molar refractivity (Wildman–Crippen MR) is 89.0 cm³/mol. The summed E-state index contributed by atoms with van der Waals surface area (Å²) in [4.78, 5) is 0. The Bertz CT molecular complexity index is 709. The molecule has 0 saturated heterocycles. The summed E-state index contributed by atoms with van der Waals surface area (Å²) in [5.41, 5.74) is 4.19. The molecule has 1 N–H and O–H groups in total. The Kier molecular flexibility index (Phi) is 4.10. The third-order valence-electron chi connectivity index (χ3n) is 3.27. The van der Waals surface area contributed by atoms with E-state index >= 15 is 0 Å². The number of hydrogen-bond acceptors (Lipinski definition) is 2. The van der Waals surface area contributed by atoms with Crippen molar-refractivity contribution in [2.24, 2.45) is 0 Å². The van der Waals surface area contributed by atoms with Gasteiger partial charge in [-0.05, 0) is 34.2 Å². The molecule has 4 heteroatoms. The van der Waals surface area contributed by atoms with Gasteiger partial charge in [0.25, 0.3) is 0 Å². The van der Waals surface area contributed by atoms with E-state index in [9.17, 15) is 8.42 Å². The molecule has 0 radical (unpaired) electrons. The van der Waals surface area contributed by atoms with E-state index in [0.29, 0.717) is 5.69 Å². The van der Waals surface area contributed by atoms with Crippen molar-refractivity contribution in [3.8, 4) is 11.1 Å². The van der Waals surface area contributed by atoms with Crippen molar-refractivity contribution >= 4 is 15.7 Å². The minimum Gasteiger partial charge on any atom is -0.284 e. The minimum atomic E-state index is -3.23. The molecule has 0 amide bonds. The van der Waals surface area contributed by atoms with Crippen LogP contribution in [0.3, 0.4) is 0 Å². The SMILES string of the molecule is CC(C)(C)c1ccc(-c2ccc(NS(C)(=O)=O)cc2)cc1. The Morgan fingerprint density at radius 1 is 0.810 bits per heavy atom. The molecule has 0 aliphatic rings. The molecule has 2 rings (SSSR count). The second-order valence-corrected chi connectivity index (χ2v) is 8.03. The molecule has 0 spiro atoms. The topological polar surface area (TPSA) is 46.2 Å². The molecule has 2 aromatic carbocycles. The number of rotatable bonds is 3. The second kappa shape index (κ2) is 5.53. The quantitative estimate of drug-likeness (QED) is 0.930. The first kappa shape index (κ1) is 15.6. The maximum absolute atomic E-state index is 11.2. The fourth-order valence-electron chi connectivity index (χ4n) is 2.11. The fourth-order valence-corrected chi connectivity index (χ4v) is 2.67. The highest BCUT2D eigenvalue weighted by Gasteiger charge is 2.13. The number of sulfonamides is 1. The standard InChI is InChI=1S/C17H21NO2S/c1-17(2,3)15-9-5-13(6-10-15)14-7-11-16(12-8-14)18-21(4,19)20/h5-12,18H,1-4H3. The van der Waals surface area contributed by atoms with Crippen molar-refractivity contribution in [1.82, 2.24) is 0 Å². The molecular formula is C17H21NO2S. The van der Waals surface area contributed by atoms with Gasteiger partial charge in [0, 0.05) is 5.69 Å². The maximum Gasteiger partial charge on any atom is 0.229 e. The third-order valence-corrected chi connectivity index (χ3v) is 3.88. The minimum absolute atomic E-state index is 0.141. The number of benzene rings is 2. The molecule has 0 aliphatic carbocycles. The summed E-state index contributed by atoms with van der Waals surface area (Å²) in [5.74, 6) is 0. The van der Waals surface area contributed by atoms with Crippen molar-refractivity contribution < 1.29 is 8.42 Å². The van der Waals surface area contributed by atoms with E-state index in [1.165, 1.54) is 5.56 Å². The van der Waals surface area contributed by atoms with Gasteiger partial charge in [-0.15, -0.1) is 0 Å². The summed E-state index contributed by atoms with van der Waals surface area (Å²) >= 11 is 0. The smallest absolute Gasteiger partial charge is 0.229 e. The maximum atomic E-state index is 11.2. The number of nitrogens with one attached hydrogen (secondary N) is 1. The summed E-state index contributed by atoms with van der Waals surface area (Å²) in [5, 5.41) is 0. The molecule has 112 valence electrons. The molecule has 0 atom stereocenters. The zero-order valence-corrected chi connectivity index (χ0v) is 13.7. The highest BCUT2D eigenvalue weighted by atomic mass is 32.2. The van der Waals surface area contributed by atoms with E-state index in [-0.39, 0.29) is 5.41 Å². The van der Waals surface area contributed by atoms with Gasteiger partial charge in [0.15, 0.2) is 0 Å². The first-order valence-electron chi connectivity index (χ1n) is 6.84. The van der Waals surface area contributed by atoms with Crippen molar-refractivity contribution in [2.45, 2.75) is 26.2 Å². The summed E-state index contributed by atoms with van der Waals surface area (Å²) < 4.78 is 24.8. The molecular weight excluding hydrogens is 282 g/mol. The van der Waals surface area contributed by atoms with Gasteiger partial charge in [-0.2, -0.15) is 0 Å². The van der Waals surface area contributed by atoms with E-state index in [1.807, 2.05) is 12.1 Å². The van der Waals surface area contributed by atoms with Crippen LogP contribution in [0.4, 0.5) is 5.69 Å². The summed E-state index contributed by atoms with van der Waals surface area (Å²) in [6.45, 7) is 6.56.